The molecule has 1 aliphatic heterocycles. The number of ether oxygens (including phenoxy) is 1. The Morgan fingerprint density at radius 2 is 1.67 bits per heavy atom. The van der Waals surface area contributed by atoms with E-state index in [1.807, 2.05) is 11.9 Å². The lowest BCUT2D eigenvalue weighted by atomic mass is 10.1. The van der Waals surface area contributed by atoms with Gasteiger partial charge in [-0.3, -0.25) is 9.59 Å². The average molecular weight is 210 g/mol. The number of anilines is 1. The van der Waals surface area contributed by atoms with Crippen molar-refractivity contribution >= 4 is 5.69 Å². The summed E-state index contributed by atoms with van der Waals surface area (Å²) >= 11 is 0. The number of hydrogen-bond donors (Lipinski definition) is 0. The molecule has 1 aromatic rings. The number of rotatable bonds is 2. The van der Waals surface area contributed by atoms with Gasteiger partial charge in [0.25, 0.3) is 10.9 Å². The Kier molecular flexibility index (Phi) is 2.48. The summed E-state index contributed by atoms with van der Waals surface area (Å²) in [6, 6.07) is 0. The highest BCUT2D eigenvalue weighted by atomic mass is 16.5. The quantitative estimate of drug-likeness (QED) is 0.589. The Labute approximate surface area is 87.6 Å². The van der Waals surface area contributed by atoms with E-state index >= 15 is 0 Å². The summed E-state index contributed by atoms with van der Waals surface area (Å²) in [5.41, 5.74) is -0.432. The summed E-state index contributed by atoms with van der Waals surface area (Å²) < 4.78 is 4.92. The highest BCUT2D eigenvalue weighted by molar-refractivity contribution is 5.63. The van der Waals surface area contributed by atoms with E-state index in [-0.39, 0.29) is 5.75 Å². The van der Waals surface area contributed by atoms with Gasteiger partial charge in [0.05, 0.1) is 7.11 Å². The van der Waals surface area contributed by atoms with Crippen LogP contribution in [-0.2, 0) is 0 Å². The zero-order chi connectivity index (χ0) is 11.0. The van der Waals surface area contributed by atoms with Crippen molar-refractivity contribution in [3.63, 3.8) is 0 Å². The second-order valence-electron chi connectivity index (χ2n) is 3.83. The van der Waals surface area contributed by atoms with E-state index in [9.17, 15) is 9.59 Å². The normalized spacial score (nSPS) is 18.4. The monoisotopic (exact) mass is 210 g/mol. The lowest BCUT2D eigenvalue weighted by molar-refractivity contribution is 0.310. The molecule has 0 unspecified atom stereocenters. The molecule has 2 rings (SSSR count). The molecule has 0 spiro atoms. The van der Waals surface area contributed by atoms with Crippen LogP contribution in [0.2, 0.25) is 0 Å². The van der Waals surface area contributed by atoms with Gasteiger partial charge in [-0.15, -0.1) is 0 Å². The van der Waals surface area contributed by atoms with Crippen LogP contribution in [0.5, 0.6) is 5.75 Å². The van der Waals surface area contributed by atoms with Crippen molar-refractivity contribution in [1.82, 2.24) is 4.90 Å². The Balaban J connectivity index is 2.20. The van der Waals surface area contributed by atoms with E-state index in [1.165, 1.54) is 7.11 Å². The maximum atomic E-state index is 11.4. The highest BCUT2D eigenvalue weighted by Gasteiger charge is 2.28. The Hall–Kier alpha value is -1.36. The first-order valence-electron chi connectivity index (χ1n) is 4.96. The van der Waals surface area contributed by atoms with Gasteiger partial charge in [-0.05, 0) is 7.05 Å². The van der Waals surface area contributed by atoms with Crippen molar-refractivity contribution in [2.45, 2.75) is 0 Å². The minimum atomic E-state index is -0.494. The fraction of sp³-hybridized carbons (Fsp3) is 0.600. The molecule has 0 N–H and O–H groups in total. The summed E-state index contributed by atoms with van der Waals surface area (Å²) in [6.07, 6.45) is 0. The minimum absolute atomic E-state index is 0.226. The van der Waals surface area contributed by atoms with Crippen molar-refractivity contribution in [3.8, 4) is 5.75 Å². The molecule has 0 bridgehead atoms. The molecule has 5 heteroatoms. The molecule has 0 atom stereocenters. The number of methoxy groups -OCH3 is 1. The van der Waals surface area contributed by atoms with Crippen LogP contribution in [0.15, 0.2) is 9.59 Å². The van der Waals surface area contributed by atoms with Crippen LogP contribution in [0.25, 0.3) is 0 Å². The molecule has 0 aliphatic carbocycles. The van der Waals surface area contributed by atoms with Gasteiger partial charge in [-0.1, -0.05) is 0 Å². The molecule has 0 saturated carbocycles. The molecule has 15 heavy (non-hydrogen) atoms. The van der Waals surface area contributed by atoms with Gasteiger partial charge in [0.2, 0.25) is 0 Å². The predicted molar refractivity (Wildman–Crippen MR) is 57.6 cm³/mol. The molecule has 1 aliphatic rings. The zero-order valence-electron chi connectivity index (χ0n) is 8.95. The summed E-state index contributed by atoms with van der Waals surface area (Å²) in [4.78, 5) is 26.6. The van der Waals surface area contributed by atoms with Crippen LogP contribution in [0.3, 0.4) is 0 Å². The molecule has 0 aromatic heterocycles. The standard InChI is InChI=1S/C10H14N2O3/c1-11-3-5-12(6-4-11)7-8(13)9(14)10(7)15-2/h3-6H2,1-2H3. The van der Waals surface area contributed by atoms with Crippen LogP contribution in [0.4, 0.5) is 5.69 Å². The summed E-state index contributed by atoms with van der Waals surface area (Å²) in [5, 5.41) is 0. The zero-order valence-corrected chi connectivity index (χ0v) is 8.95. The molecule has 1 saturated heterocycles. The molecule has 1 heterocycles. The lowest BCUT2D eigenvalue weighted by Crippen LogP contribution is -2.49. The average Bonchev–Trinajstić information content (AvgIpc) is 2.26. The van der Waals surface area contributed by atoms with Gasteiger partial charge in [0.15, 0.2) is 5.75 Å². The fourth-order valence-corrected chi connectivity index (χ4v) is 1.87. The first-order valence-corrected chi connectivity index (χ1v) is 4.96. The van der Waals surface area contributed by atoms with E-state index in [2.05, 4.69) is 4.90 Å². The maximum absolute atomic E-state index is 11.4. The molecule has 1 fully saturated rings. The topological polar surface area (TPSA) is 49.9 Å². The van der Waals surface area contributed by atoms with E-state index in [4.69, 9.17) is 4.74 Å². The van der Waals surface area contributed by atoms with Gasteiger partial charge in [-0.25, -0.2) is 0 Å². The molecule has 0 radical (unpaired) electrons. The number of hydrogen-bond acceptors (Lipinski definition) is 5. The van der Waals surface area contributed by atoms with Crippen molar-refractivity contribution in [3.05, 3.63) is 20.4 Å². The van der Waals surface area contributed by atoms with Gasteiger partial charge in [-0.2, -0.15) is 0 Å². The minimum Gasteiger partial charge on any atom is -0.491 e. The van der Waals surface area contributed by atoms with E-state index in [0.717, 1.165) is 26.2 Å². The van der Waals surface area contributed by atoms with Crippen LogP contribution >= 0.6 is 0 Å². The van der Waals surface area contributed by atoms with Crippen LogP contribution in [-0.4, -0.2) is 45.2 Å². The SMILES string of the molecule is COc1c(N2CCN(C)CC2)c(=O)c1=O. The van der Waals surface area contributed by atoms with Crippen molar-refractivity contribution in [2.75, 3.05) is 45.2 Å². The fourth-order valence-electron chi connectivity index (χ4n) is 1.87. The Morgan fingerprint density at radius 1 is 1.07 bits per heavy atom. The van der Waals surface area contributed by atoms with E-state index < -0.39 is 10.9 Å². The third-order valence-electron chi connectivity index (χ3n) is 2.87. The number of likely N-dealkylation sites (N-methyl/N-ethyl adjacent to an activating group) is 1. The largest absolute Gasteiger partial charge is 0.491 e. The number of nitrogens with zero attached hydrogens (tertiary/aromatic N) is 2. The van der Waals surface area contributed by atoms with E-state index in [0.29, 0.717) is 5.69 Å². The Morgan fingerprint density at radius 3 is 2.20 bits per heavy atom. The van der Waals surface area contributed by atoms with Crippen molar-refractivity contribution in [2.24, 2.45) is 0 Å². The second kappa shape index (κ2) is 3.66. The smallest absolute Gasteiger partial charge is 0.272 e. The highest BCUT2D eigenvalue weighted by Crippen LogP contribution is 2.22. The van der Waals surface area contributed by atoms with Gasteiger partial charge >= 0.3 is 0 Å². The van der Waals surface area contributed by atoms with Gasteiger partial charge in [0, 0.05) is 26.2 Å². The molecular formula is C10H14N2O3. The summed E-state index contributed by atoms with van der Waals surface area (Å²) in [6.45, 7) is 3.36. The third kappa shape index (κ3) is 1.52. The number of piperazine rings is 1. The van der Waals surface area contributed by atoms with Crippen LogP contribution < -0.4 is 20.5 Å². The molecule has 5 nitrogen and oxygen atoms in total. The third-order valence-corrected chi connectivity index (χ3v) is 2.87. The second-order valence-corrected chi connectivity index (χ2v) is 3.83. The van der Waals surface area contributed by atoms with Crippen LogP contribution in [0.1, 0.15) is 0 Å². The summed E-state index contributed by atoms with van der Waals surface area (Å²) in [5.74, 6) is 0.226. The Bertz CT molecular complexity index is 426. The van der Waals surface area contributed by atoms with Crippen LogP contribution in [0, 0.1) is 0 Å². The first-order chi connectivity index (χ1) is 7.15. The molecule has 82 valence electrons. The predicted octanol–water partition coefficient (Wildman–Crippen LogP) is -0.957. The molecule has 1 aromatic carbocycles. The molecular weight excluding hydrogens is 196 g/mol. The van der Waals surface area contributed by atoms with Gasteiger partial charge in [0.1, 0.15) is 5.69 Å². The van der Waals surface area contributed by atoms with Gasteiger partial charge < -0.3 is 14.5 Å². The maximum Gasteiger partial charge on any atom is 0.272 e. The molecule has 0 amide bonds. The van der Waals surface area contributed by atoms with E-state index in [1.54, 1.807) is 0 Å². The van der Waals surface area contributed by atoms with Crippen molar-refractivity contribution in [1.29, 1.82) is 0 Å². The first kappa shape index (κ1) is 10.2. The van der Waals surface area contributed by atoms with Crippen molar-refractivity contribution < 1.29 is 4.74 Å². The lowest BCUT2D eigenvalue weighted by Gasteiger charge is -2.34. The summed E-state index contributed by atoms with van der Waals surface area (Å²) in [7, 11) is 3.46.